The molecular formula is C16H19N3OS. The van der Waals surface area contributed by atoms with Crippen LogP contribution in [0.2, 0.25) is 0 Å². The number of rotatable bonds is 4. The molecular weight excluding hydrogens is 282 g/mol. The van der Waals surface area contributed by atoms with Crippen molar-refractivity contribution < 1.29 is 4.79 Å². The molecule has 0 radical (unpaired) electrons. The lowest BCUT2D eigenvalue weighted by atomic mass is 9.95. The number of aryl methyl sites for hydroxylation is 2. The number of hydrogen-bond donors (Lipinski definition) is 2. The van der Waals surface area contributed by atoms with E-state index >= 15 is 0 Å². The zero-order valence-electron chi connectivity index (χ0n) is 11.9. The van der Waals surface area contributed by atoms with E-state index in [0.29, 0.717) is 17.1 Å². The van der Waals surface area contributed by atoms with Gasteiger partial charge in [0.2, 0.25) is 0 Å². The van der Waals surface area contributed by atoms with Crippen LogP contribution in [0.1, 0.15) is 40.2 Å². The number of nitrogens with zero attached hydrogens (tertiary/aromatic N) is 1. The Morgan fingerprint density at radius 3 is 3.10 bits per heavy atom. The van der Waals surface area contributed by atoms with Gasteiger partial charge in [-0.25, -0.2) is 4.98 Å². The molecule has 21 heavy (non-hydrogen) atoms. The topological polar surface area (TPSA) is 68.0 Å². The molecule has 110 valence electrons. The van der Waals surface area contributed by atoms with E-state index in [4.69, 9.17) is 10.7 Å². The molecule has 0 saturated heterocycles. The summed E-state index contributed by atoms with van der Waals surface area (Å²) in [6, 6.07) is 2.13. The average molecular weight is 301 g/mol. The zero-order valence-corrected chi connectivity index (χ0v) is 12.8. The standard InChI is InChI=1S/C16H19N3OS/c1-2-3-8-18-15(20)14-13(17)11-9-10-6-4-5-7-12(10)19-16(11)21-14/h2,9H,1,3-8,17H2,(H,18,20). The van der Waals surface area contributed by atoms with Gasteiger partial charge >= 0.3 is 0 Å². The van der Waals surface area contributed by atoms with Crippen LogP contribution in [0.3, 0.4) is 0 Å². The summed E-state index contributed by atoms with van der Waals surface area (Å²) in [6.45, 7) is 4.23. The fraction of sp³-hybridized carbons (Fsp3) is 0.375. The van der Waals surface area contributed by atoms with Crippen LogP contribution in [0.15, 0.2) is 18.7 Å². The van der Waals surface area contributed by atoms with Gasteiger partial charge in [0.15, 0.2) is 0 Å². The number of pyridine rings is 1. The number of carbonyl (C=O) groups excluding carboxylic acids is 1. The quantitative estimate of drug-likeness (QED) is 0.673. The number of amides is 1. The highest BCUT2D eigenvalue weighted by molar-refractivity contribution is 7.21. The van der Waals surface area contributed by atoms with Crippen molar-refractivity contribution in [2.45, 2.75) is 32.1 Å². The van der Waals surface area contributed by atoms with Gasteiger partial charge in [0, 0.05) is 17.6 Å². The Morgan fingerprint density at radius 1 is 1.48 bits per heavy atom. The minimum atomic E-state index is -0.115. The van der Waals surface area contributed by atoms with Crippen molar-refractivity contribution in [3.05, 3.63) is 34.9 Å². The molecule has 0 spiro atoms. The van der Waals surface area contributed by atoms with Crippen molar-refractivity contribution in [3.8, 4) is 0 Å². The minimum Gasteiger partial charge on any atom is -0.397 e. The molecule has 0 bridgehead atoms. The van der Waals surface area contributed by atoms with Crippen molar-refractivity contribution in [1.29, 1.82) is 0 Å². The maximum Gasteiger partial charge on any atom is 0.263 e. The Hall–Kier alpha value is -1.88. The number of fused-ring (bicyclic) bond motifs is 2. The molecule has 1 aliphatic carbocycles. The highest BCUT2D eigenvalue weighted by Crippen LogP contribution is 2.35. The molecule has 2 aromatic heterocycles. The lowest BCUT2D eigenvalue weighted by Gasteiger charge is -2.14. The molecule has 3 rings (SSSR count). The van der Waals surface area contributed by atoms with E-state index in [9.17, 15) is 4.79 Å². The third-order valence-corrected chi connectivity index (χ3v) is 4.95. The summed E-state index contributed by atoms with van der Waals surface area (Å²) in [5, 5.41) is 3.79. The molecule has 4 nitrogen and oxygen atoms in total. The van der Waals surface area contributed by atoms with Gasteiger partial charge < -0.3 is 11.1 Å². The average Bonchev–Trinajstić information content (AvgIpc) is 2.82. The first kappa shape index (κ1) is 14.1. The van der Waals surface area contributed by atoms with E-state index in [1.807, 2.05) is 0 Å². The van der Waals surface area contributed by atoms with Gasteiger partial charge in [0.25, 0.3) is 5.91 Å². The number of hydrogen-bond acceptors (Lipinski definition) is 4. The number of nitrogens with one attached hydrogen (secondary N) is 1. The summed E-state index contributed by atoms with van der Waals surface area (Å²) < 4.78 is 0. The fourth-order valence-electron chi connectivity index (χ4n) is 2.70. The summed E-state index contributed by atoms with van der Waals surface area (Å²) in [4.78, 5) is 18.4. The molecule has 1 amide bonds. The molecule has 0 aliphatic heterocycles. The van der Waals surface area contributed by atoms with Gasteiger partial charge in [-0.05, 0) is 43.7 Å². The SMILES string of the molecule is C=CCCNC(=O)c1sc2nc3c(cc2c1N)CCCC3. The minimum absolute atomic E-state index is 0.115. The molecule has 0 saturated carbocycles. The smallest absolute Gasteiger partial charge is 0.263 e. The molecule has 2 aromatic rings. The predicted octanol–water partition coefficient (Wildman–Crippen LogP) is 3.06. The molecule has 0 unspecified atom stereocenters. The molecule has 0 atom stereocenters. The van der Waals surface area contributed by atoms with Crippen LogP contribution >= 0.6 is 11.3 Å². The second-order valence-corrected chi connectivity index (χ2v) is 6.33. The van der Waals surface area contributed by atoms with E-state index in [0.717, 1.165) is 29.5 Å². The van der Waals surface area contributed by atoms with Crippen molar-refractivity contribution >= 4 is 33.1 Å². The first-order chi connectivity index (χ1) is 10.2. The van der Waals surface area contributed by atoms with Crippen LogP contribution in [-0.2, 0) is 12.8 Å². The first-order valence-corrected chi connectivity index (χ1v) is 8.12. The van der Waals surface area contributed by atoms with Crippen molar-refractivity contribution in [3.63, 3.8) is 0 Å². The van der Waals surface area contributed by atoms with Crippen LogP contribution in [0.5, 0.6) is 0 Å². The second kappa shape index (κ2) is 5.85. The van der Waals surface area contributed by atoms with E-state index in [1.165, 1.54) is 35.4 Å². The summed E-state index contributed by atoms with van der Waals surface area (Å²) in [6.07, 6.45) is 7.03. The summed E-state index contributed by atoms with van der Waals surface area (Å²) >= 11 is 1.39. The van der Waals surface area contributed by atoms with Crippen molar-refractivity contribution in [1.82, 2.24) is 10.3 Å². The van der Waals surface area contributed by atoms with Crippen LogP contribution in [0.25, 0.3) is 10.2 Å². The number of carbonyl (C=O) groups is 1. The Balaban J connectivity index is 1.95. The third kappa shape index (κ3) is 2.65. The Labute approximate surface area is 128 Å². The maximum atomic E-state index is 12.2. The molecule has 5 heteroatoms. The Kier molecular flexibility index (Phi) is 3.92. The third-order valence-electron chi connectivity index (χ3n) is 3.84. The lowest BCUT2D eigenvalue weighted by molar-refractivity contribution is 0.0959. The van der Waals surface area contributed by atoms with Gasteiger partial charge in [-0.1, -0.05) is 6.08 Å². The second-order valence-electron chi connectivity index (χ2n) is 5.33. The predicted molar refractivity (Wildman–Crippen MR) is 87.8 cm³/mol. The number of nitrogens with two attached hydrogens (primary N) is 1. The number of anilines is 1. The maximum absolute atomic E-state index is 12.2. The van der Waals surface area contributed by atoms with E-state index in [1.54, 1.807) is 6.08 Å². The molecule has 0 aromatic carbocycles. The number of aromatic nitrogens is 1. The molecule has 0 fully saturated rings. The van der Waals surface area contributed by atoms with Gasteiger partial charge in [-0.2, -0.15) is 0 Å². The van der Waals surface area contributed by atoms with Crippen LogP contribution in [0.4, 0.5) is 5.69 Å². The molecule has 1 aliphatic rings. The van der Waals surface area contributed by atoms with Gasteiger partial charge in [0.1, 0.15) is 9.71 Å². The monoisotopic (exact) mass is 301 g/mol. The molecule has 3 N–H and O–H groups in total. The van der Waals surface area contributed by atoms with Gasteiger partial charge in [-0.3, -0.25) is 4.79 Å². The fourth-order valence-corrected chi connectivity index (χ4v) is 3.71. The van der Waals surface area contributed by atoms with E-state index in [2.05, 4.69) is 18.0 Å². The van der Waals surface area contributed by atoms with Crippen LogP contribution in [0, 0.1) is 0 Å². The Bertz CT molecular complexity index is 705. The highest BCUT2D eigenvalue weighted by Gasteiger charge is 2.20. The highest BCUT2D eigenvalue weighted by atomic mass is 32.1. The van der Waals surface area contributed by atoms with Crippen molar-refractivity contribution in [2.24, 2.45) is 0 Å². The normalized spacial score (nSPS) is 13.9. The first-order valence-electron chi connectivity index (χ1n) is 7.30. The van der Waals surface area contributed by atoms with Crippen LogP contribution < -0.4 is 11.1 Å². The summed E-state index contributed by atoms with van der Waals surface area (Å²) in [7, 11) is 0. The number of thiophene rings is 1. The summed E-state index contributed by atoms with van der Waals surface area (Å²) in [5.41, 5.74) is 9.19. The van der Waals surface area contributed by atoms with Gasteiger partial charge in [0.05, 0.1) is 5.69 Å². The van der Waals surface area contributed by atoms with E-state index in [-0.39, 0.29) is 5.91 Å². The van der Waals surface area contributed by atoms with Crippen molar-refractivity contribution in [2.75, 3.05) is 12.3 Å². The van der Waals surface area contributed by atoms with E-state index < -0.39 is 0 Å². The number of nitrogen functional groups attached to an aromatic ring is 1. The lowest BCUT2D eigenvalue weighted by Crippen LogP contribution is -2.23. The largest absolute Gasteiger partial charge is 0.397 e. The van der Waals surface area contributed by atoms with Gasteiger partial charge in [-0.15, -0.1) is 17.9 Å². The Morgan fingerprint density at radius 2 is 2.29 bits per heavy atom. The zero-order chi connectivity index (χ0) is 14.8. The summed E-state index contributed by atoms with van der Waals surface area (Å²) in [5.74, 6) is -0.115. The van der Waals surface area contributed by atoms with Crippen LogP contribution in [-0.4, -0.2) is 17.4 Å². The molecule has 2 heterocycles.